The van der Waals surface area contributed by atoms with E-state index in [9.17, 15) is 14.4 Å². The molecule has 1 saturated carbocycles. The summed E-state index contributed by atoms with van der Waals surface area (Å²) in [5, 5.41) is 0. The number of carbonyl (C=O) groups is 3. The molecule has 28 heavy (non-hydrogen) atoms. The first-order valence-corrected chi connectivity index (χ1v) is 9.88. The Balaban J connectivity index is 1.84. The van der Waals surface area contributed by atoms with Gasteiger partial charge >= 0.3 is 5.97 Å². The third-order valence-corrected chi connectivity index (χ3v) is 5.18. The van der Waals surface area contributed by atoms with Crippen LogP contribution in [-0.4, -0.2) is 35.3 Å². The van der Waals surface area contributed by atoms with Gasteiger partial charge in [0.1, 0.15) is 11.4 Å². The van der Waals surface area contributed by atoms with Gasteiger partial charge in [-0.25, -0.2) is 0 Å². The molecule has 5 nitrogen and oxygen atoms in total. The molecule has 3 atom stereocenters. The lowest BCUT2D eigenvalue weighted by Gasteiger charge is -2.25. The number of hydrogen-bond donors (Lipinski definition) is 0. The molecule has 1 aliphatic heterocycles. The highest BCUT2D eigenvalue weighted by atomic mass is 16.6. The average molecular weight is 384 g/mol. The van der Waals surface area contributed by atoms with Crippen molar-refractivity contribution in [3.05, 3.63) is 47.0 Å². The first-order valence-electron chi connectivity index (χ1n) is 9.88. The predicted molar refractivity (Wildman–Crippen MR) is 105 cm³/mol. The molecule has 0 bridgehead atoms. The zero-order chi connectivity index (χ0) is 20.5. The van der Waals surface area contributed by atoms with Crippen LogP contribution in [0.1, 0.15) is 63.7 Å². The van der Waals surface area contributed by atoms with Gasteiger partial charge in [-0.2, -0.15) is 0 Å². The number of Topliss-reactive ketones (excluding diaryl/α,β-unsaturated/α-hetero) is 2. The van der Waals surface area contributed by atoms with Gasteiger partial charge in [0.2, 0.25) is 0 Å². The van der Waals surface area contributed by atoms with Crippen molar-refractivity contribution in [2.75, 3.05) is 0 Å². The van der Waals surface area contributed by atoms with Crippen molar-refractivity contribution in [3.63, 3.8) is 0 Å². The third kappa shape index (κ3) is 4.58. The first-order chi connectivity index (χ1) is 13.2. The summed E-state index contributed by atoms with van der Waals surface area (Å²) in [5.41, 5.74) is 1.37. The molecule has 1 aromatic rings. The number of ketones is 2. The average Bonchev–Trinajstić information content (AvgIpc) is 2.96. The van der Waals surface area contributed by atoms with E-state index in [-0.39, 0.29) is 42.4 Å². The van der Waals surface area contributed by atoms with E-state index < -0.39 is 11.7 Å². The maximum Gasteiger partial charge on any atom is 0.306 e. The van der Waals surface area contributed by atoms with Gasteiger partial charge in [-0.05, 0) is 39.2 Å². The van der Waals surface area contributed by atoms with E-state index in [0.29, 0.717) is 24.0 Å². The second-order valence-electron chi connectivity index (χ2n) is 8.65. The number of ether oxygens (including phenoxy) is 2. The van der Waals surface area contributed by atoms with Crippen LogP contribution in [0.4, 0.5) is 0 Å². The Labute approximate surface area is 166 Å². The zero-order valence-corrected chi connectivity index (χ0v) is 17.0. The van der Waals surface area contributed by atoms with Gasteiger partial charge in [-0.1, -0.05) is 37.3 Å². The Hall–Kier alpha value is -2.27. The number of rotatable bonds is 5. The summed E-state index contributed by atoms with van der Waals surface area (Å²) in [6, 6.07) is 9.02. The summed E-state index contributed by atoms with van der Waals surface area (Å²) in [6.07, 6.45) is 0.658. The van der Waals surface area contributed by atoms with Crippen LogP contribution in [0.15, 0.2) is 41.5 Å². The Bertz CT molecular complexity index is 800. The normalized spacial score (nSPS) is 24.9. The number of hydrogen-bond acceptors (Lipinski definition) is 5. The number of esters is 1. The van der Waals surface area contributed by atoms with E-state index >= 15 is 0 Å². The second-order valence-corrected chi connectivity index (χ2v) is 8.65. The maximum absolute atomic E-state index is 13.2. The molecule has 0 N–H and O–H groups in total. The lowest BCUT2D eigenvalue weighted by atomic mass is 9.80. The summed E-state index contributed by atoms with van der Waals surface area (Å²) in [4.78, 5) is 37.7. The van der Waals surface area contributed by atoms with Crippen LogP contribution in [0.5, 0.6) is 0 Å². The van der Waals surface area contributed by atoms with Crippen molar-refractivity contribution >= 4 is 17.5 Å². The van der Waals surface area contributed by atoms with E-state index in [0.717, 1.165) is 5.57 Å². The molecule has 0 saturated heterocycles. The highest BCUT2D eigenvalue weighted by Gasteiger charge is 2.43. The first kappa shape index (κ1) is 20.5. The fourth-order valence-electron chi connectivity index (χ4n) is 3.84. The summed E-state index contributed by atoms with van der Waals surface area (Å²) >= 11 is 0. The van der Waals surface area contributed by atoms with Crippen molar-refractivity contribution < 1.29 is 23.9 Å². The van der Waals surface area contributed by atoms with Crippen molar-refractivity contribution in [2.45, 2.75) is 71.2 Å². The van der Waals surface area contributed by atoms with E-state index in [1.165, 1.54) is 0 Å². The van der Waals surface area contributed by atoms with Crippen molar-refractivity contribution in [1.29, 1.82) is 0 Å². The summed E-state index contributed by atoms with van der Waals surface area (Å²) < 4.78 is 11.5. The van der Waals surface area contributed by atoms with Crippen LogP contribution < -0.4 is 0 Å². The number of fused-ring (bicyclic) bond motifs is 1. The fourth-order valence-corrected chi connectivity index (χ4v) is 3.84. The highest BCUT2D eigenvalue weighted by molar-refractivity contribution is 6.11. The van der Waals surface area contributed by atoms with Crippen LogP contribution in [0.25, 0.3) is 0 Å². The molecular formula is C23H28O5. The van der Waals surface area contributed by atoms with Gasteiger partial charge in [0.25, 0.3) is 0 Å². The Morgan fingerprint density at radius 2 is 1.86 bits per heavy atom. The van der Waals surface area contributed by atoms with E-state index in [1.54, 1.807) is 12.1 Å². The zero-order valence-electron chi connectivity index (χ0n) is 17.0. The largest absolute Gasteiger partial charge is 0.460 e. The fraction of sp³-hybridized carbons (Fsp3) is 0.522. The third-order valence-electron chi connectivity index (χ3n) is 5.18. The topological polar surface area (TPSA) is 69.7 Å². The molecule has 2 aliphatic rings. The van der Waals surface area contributed by atoms with Crippen LogP contribution in [0.3, 0.4) is 0 Å². The van der Waals surface area contributed by atoms with Gasteiger partial charge in [0.15, 0.2) is 5.78 Å². The standard InChI is InChI=1S/C23H28O5/c1-14-12-19-16(13-17(14)24)21(22(26)15-8-6-5-7-9-15)18(27-19)10-11-20(25)28-23(2,3)4/h5-9,14,18-19H,10-13H2,1-4H3. The van der Waals surface area contributed by atoms with Crippen LogP contribution in [0.2, 0.25) is 0 Å². The van der Waals surface area contributed by atoms with E-state index in [2.05, 4.69) is 0 Å². The quantitative estimate of drug-likeness (QED) is 0.566. The Morgan fingerprint density at radius 3 is 2.50 bits per heavy atom. The van der Waals surface area contributed by atoms with E-state index in [1.807, 2.05) is 45.9 Å². The minimum absolute atomic E-state index is 0.0774. The number of carbonyl (C=O) groups excluding carboxylic acids is 3. The molecule has 1 aliphatic carbocycles. The molecule has 3 rings (SSSR count). The summed E-state index contributed by atoms with van der Waals surface area (Å²) in [7, 11) is 0. The van der Waals surface area contributed by atoms with Crippen molar-refractivity contribution in [3.8, 4) is 0 Å². The molecule has 3 unspecified atom stereocenters. The number of benzene rings is 1. The summed E-state index contributed by atoms with van der Waals surface area (Å²) in [6.45, 7) is 7.37. The Morgan fingerprint density at radius 1 is 1.18 bits per heavy atom. The molecule has 0 aromatic heterocycles. The van der Waals surface area contributed by atoms with Crippen LogP contribution in [-0.2, 0) is 19.1 Å². The maximum atomic E-state index is 13.2. The predicted octanol–water partition coefficient (Wildman–Crippen LogP) is 4.05. The highest BCUT2D eigenvalue weighted by Crippen LogP contribution is 2.40. The van der Waals surface area contributed by atoms with Gasteiger partial charge < -0.3 is 9.47 Å². The molecule has 150 valence electrons. The van der Waals surface area contributed by atoms with Crippen LogP contribution in [0, 0.1) is 5.92 Å². The molecule has 1 aromatic carbocycles. The van der Waals surface area contributed by atoms with E-state index in [4.69, 9.17) is 9.47 Å². The van der Waals surface area contributed by atoms with Crippen molar-refractivity contribution in [2.24, 2.45) is 5.92 Å². The SMILES string of the molecule is CC1CC2OC(CCC(=O)OC(C)(C)C)C(C(=O)c3ccccc3)=C2CC1=O. The van der Waals surface area contributed by atoms with Gasteiger partial charge in [0, 0.05) is 29.9 Å². The molecule has 0 amide bonds. The lowest BCUT2D eigenvalue weighted by molar-refractivity contribution is -0.155. The second kappa shape index (κ2) is 8.00. The lowest BCUT2D eigenvalue weighted by Crippen LogP contribution is -2.28. The monoisotopic (exact) mass is 384 g/mol. The van der Waals surface area contributed by atoms with Gasteiger partial charge in [0.05, 0.1) is 12.2 Å². The van der Waals surface area contributed by atoms with Crippen molar-refractivity contribution in [1.82, 2.24) is 0 Å². The molecule has 0 spiro atoms. The van der Waals surface area contributed by atoms with Gasteiger partial charge in [-0.15, -0.1) is 0 Å². The molecule has 5 heteroatoms. The molecular weight excluding hydrogens is 356 g/mol. The minimum Gasteiger partial charge on any atom is -0.460 e. The molecule has 0 radical (unpaired) electrons. The minimum atomic E-state index is -0.551. The molecule has 1 fully saturated rings. The van der Waals surface area contributed by atoms with Gasteiger partial charge in [-0.3, -0.25) is 14.4 Å². The summed E-state index contributed by atoms with van der Waals surface area (Å²) in [5.74, 6) is -0.367. The van der Waals surface area contributed by atoms with Crippen LogP contribution >= 0.6 is 0 Å². The molecule has 1 heterocycles. The Kier molecular flexibility index (Phi) is 5.84. The smallest absolute Gasteiger partial charge is 0.306 e.